The Balaban J connectivity index is 1.68. The Morgan fingerprint density at radius 1 is 0.917 bits per heavy atom. The van der Waals surface area contributed by atoms with E-state index in [9.17, 15) is 17.6 Å². The molecule has 0 bridgehead atoms. The Morgan fingerprint density at radius 3 is 2.08 bits per heavy atom. The van der Waals surface area contributed by atoms with Crippen molar-refractivity contribution in [1.29, 1.82) is 0 Å². The van der Waals surface area contributed by atoms with Crippen LogP contribution in [0.1, 0.15) is 37.2 Å². The van der Waals surface area contributed by atoms with Crippen molar-refractivity contribution in [2.75, 3.05) is 5.43 Å². The molecule has 7 heteroatoms. The quantitative estimate of drug-likeness (QED) is 0.498. The lowest BCUT2D eigenvalue weighted by Gasteiger charge is -2.23. The Morgan fingerprint density at radius 2 is 1.50 bits per heavy atom. The van der Waals surface area contributed by atoms with Crippen molar-refractivity contribution in [3.05, 3.63) is 59.4 Å². The number of nitrogens with zero attached hydrogens (tertiary/aromatic N) is 2. The van der Waals surface area contributed by atoms with Gasteiger partial charge in [0.25, 0.3) is 11.9 Å². The van der Waals surface area contributed by atoms with E-state index in [0.29, 0.717) is 24.5 Å². The summed E-state index contributed by atoms with van der Waals surface area (Å²) in [6.07, 6.45) is 3.00. The second-order valence-corrected chi connectivity index (χ2v) is 5.67. The van der Waals surface area contributed by atoms with E-state index in [1.54, 1.807) is 0 Å². The molecule has 3 nitrogen and oxygen atoms in total. The van der Waals surface area contributed by atoms with Crippen molar-refractivity contribution in [2.24, 2.45) is 5.10 Å². The second-order valence-electron chi connectivity index (χ2n) is 5.67. The van der Waals surface area contributed by atoms with Gasteiger partial charge in [0, 0.05) is 5.71 Å². The van der Waals surface area contributed by atoms with Crippen molar-refractivity contribution < 1.29 is 17.6 Å². The van der Waals surface area contributed by atoms with Gasteiger partial charge in [-0.1, -0.05) is 30.3 Å². The number of pyridine rings is 1. The smallest absolute Gasteiger partial charge is 0.254 e. The molecule has 1 fully saturated rings. The SMILES string of the molecule is Fc1nc(F)c(F)c(NN=C2CCC(c3ccccc3)CC2)c1F. The van der Waals surface area contributed by atoms with E-state index < -0.39 is 29.2 Å². The van der Waals surface area contributed by atoms with Crippen LogP contribution in [0.3, 0.4) is 0 Å². The van der Waals surface area contributed by atoms with Gasteiger partial charge in [-0.25, -0.2) is 0 Å². The second kappa shape index (κ2) is 6.98. The fourth-order valence-electron chi connectivity index (χ4n) is 2.84. The molecule has 1 saturated carbocycles. The molecule has 0 radical (unpaired) electrons. The van der Waals surface area contributed by atoms with E-state index in [1.807, 2.05) is 18.2 Å². The molecule has 126 valence electrons. The predicted molar refractivity (Wildman–Crippen MR) is 82.8 cm³/mol. The summed E-state index contributed by atoms with van der Waals surface area (Å²) in [5, 5.41) is 3.91. The summed E-state index contributed by atoms with van der Waals surface area (Å²) < 4.78 is 53.1. The molecule has 0 aliphatic heterocycles. The van der Waals surface area contributed by atoms with Crippen molar-refractivity contribution in [1.82, 2.24) is 4.98 Å². The topological polar surface area (TPSA) is 37.3 Å². The number of hydrazone groups is 1. The summed E-state index contributed by atoms with van der Waals surface area (Å²) in [5.74, 6) is -6.17. The van der Waals surface area contributed by atoms with E-state index in [4.69, 9.17) is 0 Å². The zero-order valence-electron chi connectivity index (χ0n) is 12.7. The van der Waals surface area contributed by atoms with Gasteiger partial charge in [0.05, 0.1) is 0 Å². The number of anilines is 1. The van der Waals surface area contributed by atoms with Gasteiger partial charge in [0.1, 0.15) is 5.69 Å². The van der Waals surface area contributed by atoms with E-state index in [0.717, 1.165) is 12.8 Å². The third kappa shape index (κ3) is 3.39. The molecule has 0 saturated heterocycles. The lowest BCUT2D eigenvalue weighted by molar-refractivity contribution is 0.411. The van der Waals surface area contributed by atoms with Crippen LogP contribution in [0.5, 0.6) is 0 Å². The summed E-state index contributed by atoms with van der Waals surface area (Å²) in [6, 6.07) is 10.1. The highest BCUT2D eigenvalue weighted by atomic mass is 19.2. The highest BCUT2D eigenvalue weighted by Crippen LogP contribution is 2.31. The molecule has 0 spiro atoms. The average molecular weight is 337 g/mol. The third-order valence-corrected chi connectivity index (χ3v) is 4.16. The third-order valence-electron chi connectivity index (χ3n) is 4.16. The molecule has 1 aromatic carbocycles. The molecular weight excluding hydrogens is 322 g/mol. The number of benzene rings is 1. The molecule has 1 aliphatic rings. The average Bonchev–Trinajstić information content (AvgIpc) is 2.61. The van der Waals surface area contributed by atoms with Crippen LogP contribution in [-0.4, -0.2) is 10.7 Å². The van der Waals surface area contributed by atoms with Crippen LogP contribution >= 0.6 is 0 Å². The molecule has 0 atom stereocenters. The van der Waals surface area contributed by atoms with Crippen LogP contribution in [0.25, 0.3) is 0 Å². The highest BCUT2D eigenvalue weighted by Gasteiger charge is 2.22. The molecule has 0 amide bonds. The monoisotopic (exact) mass is 337 g/mol. The van der Waals surface area contributed by atoms with Crippen LogP contribution in [0.4, 0.5) is 23.2 Å². The van der Waals surface area contributed by atoms with E-state index in [1.165, 1.54) is 5.56 Å². The zero-order valence-corrected chi connectivity index (χ0v) is 12.7. The van der Waals surface area contributed by atoms with Gasteiger partial charge in [0.15, 0.2) is 0 Å². The summed E-state index contributed by atoms with van der Waals surface area (Å²) in [6.45, 7) is 0. The standard InChI is InChI=1S/C17H15F4N3/c18-13-15(14(19)17(21)22-16(13)20)24-23-12-8-6-11(7-9-12)10-4-2-1-3-5-10/h1-5,11H,6-9H2,(H,22,24). The molecule has 1 N–H and O–H groups in total. The van der Waals surface area contributed by atoms with Crippen LogP contribution in [0.15, 0.2) is 35.4 Å². The minimum absolute atomic E-state index is 0.412. The van der Waals surface area contributed by atoms with Gasteiger partial charge < -0.3 is 0 Å². The van der Waals surface area contributed by atoms with Gasteiger partial charge in [-0.15, -0.1) is 0 Å². The first-order valence-corrected chi connectivity index (χ1v) is 7.62. The summed E-state index contributed by atoms with van der Waals surface area (Å²) in [4.78, 5) is 2.50. The zero-order chi connectivity index (χ0) is 17.1. The lowest BCUT2D eigenvalue weighted by Crippen LogP contribution is -2.15. The normalized spacial score (nSPS) is 17.7. The van der Waals surface area contributed by atoms with Crippen molar-refractivity contribution in [3.8, 4) is 0 Å². The fourth-order valence-corrected chi connectivity index (χ4v) is 2.84. The van der Waals surface area contributed by atoms with Crippen LogP contribution in [0.2, 0.25) is 0 Å². The van der Waals surface area contributed by atoms with E-state index in [-0.39, 0.29) is 0 Å². The maximum absolute atomic E-state index is 13.5. The van der Waals surface area contributed by atoms with Gasteiger partial charge in [0.2, 0.25) is 11.6 Å². The largest absolute Gasteiger partial charge is 0.272 e. The van der Waals surface area contributed by atoms with E-state index in [2.05, 4.69) is 27.6 Å². The van der Waals surface area contributed by atoms with Gasteiger partial charge in [-0.3, -0.25) is 5.43 Å². The van der Waals surface area contributed by atoms with Gasteiger partial charge in [-0.2, -0.15) is 27.6 Å². The minimum Gasteiger partial charge on any atom is -0.272 e. The van der Waals surface area contributed by atoms with Crippen LogP contribution < -0.4 is 5.43 Å². The summed E-state index contributed by atoms with van der Waals surface area (Å²) >= 11 is 0. The number of rotatable bonds is 3. The first-order chi connectivity index (χ1) is 11.6. The maximum Gasteiger partial charge on any atom is 0.254 e. The fraction of sp³-hybridized carbons (Fsp3) is 0.294. The Kier molecular flexibility index (Phi) is 4.78. The van der Waals surface area contributed by atoms with Crippen LogP contribution in [0, 0.1) is 23.5 Å². The first-order valence-electron chi connectivity index (χ1n) is 7.62. The number of nitrogens with one attached hydrogen (secondary N) is 1. The Hall–Kier alpha value is -2.44. The summed E-state index contributed by atoms with van der Waals surface area (Å²) in [7, 11) is 0. The lowest BCUT2D eigenvalue weighted by atomic mass is 9.83. The van der Waals surface area contributed by atoms with Crippen LogP contribution in [-0.2, 0) is 0 Å². The van der Waals surface area contributed by atoms with Gasteiger partial charge >= 0.3 is 0 Å². The maximum atomic E-state index is 13.5. The Labute approximate surface area is 136 Å². The first kappa shape index (κ1) is 16.4. The van der Waals surface area contributed by atoms with Gasteiger partial charge in [-0.05, 0) is 37.2 Å². The molecule has 1 heterocycles. The Bertz CT molecular complexity index is 726. The number of aromatic nitrogens is 1. The van der Waals surface area contributed by atoms with E-state index >= 15 is 0 Å². The van der Waals surface area contributed by atoms with Crippen molar-refractivity contribution >= 4 is 11.4 Å². The number of hydrogen-bond acceptors (Lipinski definition) is 3. The highest BCUT2D eigenvalue weighted by molar-refractivity contribution is 5.86. The van der Waals surface area contributed by atoms with Crippen molar-refractivity contribution in [2.45, 2.75) is 31.6 Å². The molecule has 1 aromatic heterocycles. The number of hydrogen-bond donors (Lipinski definition) is 1. The van der Waals surface area contributed by atoms with Crippen molar-refractivity contribution in [3.63, 3.8) is 0 Å². The minimum atomic E-state index is -1.70. The molecule has 3 rings (SSSR count). The molecule has 2 aromatic rings. The molecule has 1 aliphatic carbocycles. The number of halogens is 4. The molecule has 24 heavy (non-hydrogen) atoms. The summed E-state index contributed by atoms with van der Waals surface area (Å²) in [5.41, 5.74) is 3.10. The predicted octanol–water partition coefficient (Wildman–Crippen LogP) is 4.76. The molecule has 0 unspecified atom stereocenters. The molecular formula is C17H15F4N3.